The minimum atomic E-state index is -3.76. The first-order chi connectivity index (χ1) is 16.0. The van der Waals surface area contributed by atoms with Gasteiger partial charge in [0.1, 0.15) is 0 Å². The van der Waals surface area contributed by atoms with Crippen LogP contribution in [0.1, 0.15) is 61.3 Å². The maximum absolute atomic E-state index is 13.2. The molecule has 34 heavy (non-hydrogen) atoms. The lowest BCUT2D eigenvalue weighted by Crippen LogP contribution is -2.46. The van der Waals surface area contributed by atoms with Crippen molar-refractivity contribution in [2.24, 2.45) is 11.1 Å². The summed E-state index contributed by atoms with van der Waals surface area (Å²) in [5, 5.41) is 8.30. The molecular formula is C25H36N4O4S. The van der Waals surface area contributed by atoms with E-state index in [-0.39, 0.29) is 35.1 Å². The standard InChI is InChI=1S/C25H36N4O4S/c1-5-7-17(2)27-25(31)20-8-6-13-28(15-20)16-24(30)23-14-18(3)29(19(23)4)21-9-11-22(12-10-21)34(26,32)33/h9-12,14,17,20H,5-8,13,15-16H2,1-4H3,(H,27,31)(H2,26,32,33). The van der Waals surface area contributed by atoms with Crippen LogP contribution in [0, 0.1) is 19.8 Å². The Morgan fingerprint density at radius 3 is 2.50 bits per heavy atom. The molecule has 0 bridgehead atoms. The molecule has 1 aromatic carbocycles. The molecule has 1 saturated heterocycles. The van der Waals surface area contributed by atoms with E-state index < -0.39 is 10.0 Å². The third kappa shape index (κ3) is 6.14. The van der Waals surface area contributed by atoms with Gasteiger partial charge in [-0.1, -0.05) is 13.3 Å². The van der Waals surface area contributed by atoms with Crippen LogP contribution < -0.4 is 10.5 Å². The van der Waals surface area contributed by atoms with Crippen LogP contribution in [0.4, 0.5) is 0 Å². The molecule has 2 heterocycles. The molecule has 2 aromatic rings. The molecule has 1 fully saturated rings. The number of piperidine rings is 1. The summed E-state index contributed by atoms with van der Waals surface area (Å²) in [6, 6.07) is 8.32. The van der Waals surface area contributed by atoms with Crippen molar-refractivity contribution < 1.29 is 18.0 Å². The molecule has 9 heteroatoms. The summed E-state index contributed by atoms with van der Waals surface area (Å²) in [7, 11) is -3.76. The number of hydrogen-bond donors (Lipinski definition) is 2. The second-order valence-corrected chi connectivity index (χ2v) is 10.9. The maximum Gasteiger partial charge on any atom is 0.238 e. The second-order valence-electron chi connectivity index (χ2n) is 9.35. The van der Waals surface area contributed by atoms with Crippen molar-refractivity contribution in [1.82, 2.24) is 14.8 Å². The van der Waals surface area contributed by atoms with E-state index >= 15 is 0 Å². The number of primary sulfonamides is 1. The van der Waals surface area contributed by atoms with Crippen molar-refractivity contribution in [3.05, 3.63) is 47.3 Å². The number of aryl methyl sites for hydroxylation is 1. The normalized spacial score (nSPS) is 18.0. The number of ketones is 1. The molecular weight excluding hydrogens is 452 g/mol. The molecule has 3 rings (SSSR count). The Labute approximate surface area is 202 Å². The number of benzene rings is 1. The lowest BCUT2D eigenvalue weighted by atomic mass is 9.96. The monoisotopic (exact) mass is 488 g/mol. The van der Waals surface area contributed by atoms with Gasteiger partial charge >= 0.3 is 0 Å². The van der Waals surface area contributed by atoms with Gasteiger partial charge in [0, 0.05) is 35.2 Å². The first kappa shape index (κ1) is 26.1. The average molecular weight is 489 g/mol. The molecule has 1 aliphatic heterocycles. The first-order valence-corrected chi connectivity index (χ1v) is 13.4. The number of aromatic nitrogens is 1. The number of nitrogens with one attached hydrogen (secondary N) is 1. The molecule has 0 radical (unpaired) electrons. The molecule has 1 aliphatic rings. The van der Waals surface area contributed by atoms with E-state index in [0.29, 0.717) is 12.1 Å². The molecule has 0 spiro atoms. The van der Waals surface area contributed by atoms with Crippen LogP contribution >= 0.6 is 0 Å². The number of Topliss-reactive ketones (excluding diaryl/α,β-unsaturated/α-hetero) is 1. The number of nitrogens with zero attached hydrogens (tertiary/aromatic N) is 2. The fourth-order valence-corrected chi connectivity index (χ4v) is 5.31. The van der Waals surface area contributed by atoms with Crippen LogP contribution in [0.25, 0.3) is 5.69 Å². The summed E-state index contributed by atoms with van der Waals surface area (Å²) >= 11 is 0. The quantitative estimate of drug-likeness (QED) is 0.527. The summed E-state index contributed by atoms with van der Waals surface area (Å²) < 4.78 is 25.0. The van der Waals surface area contributed by atoms with Crippen molar-refractivity contribution in [2.75, 3.05) is 19.6 Å². The fourth-order valence-electron chi connectivity index (χ4n) is 4.79. The van der Waals surface area contributed by atoms with Gasteiger partial charge in [0.05, 0.1) is 17.4 Å². The number of carbonyl (C=O) groups excluding carboxylic acids is 2. The van der Waals surface area contributed by atoms with Gasteiger partial charge in [-0.25, -0.2) is 13.6 Å². The topological polar surface area (TPSA) is 114 Å². The van der Waals surface area contributed by atoms with Crippen LogP contribution in [0.5, 0.6) is 0 Å². The van der Waals surface area contributed by atoms with E-state index in [1.165, 1.54) is 12.1 Å². The van der Waals surface area contributed by atoms with E-state index in [4.69, 9.17) is 5.14 Å². The molecule has 8 nitrogen and oxygen atoms in total. The molecule has 3 N–H and O–H groups in total. The molecule has 186 valence electrons. The summed E-state index contributed by atoms with van der Waals surface area (Å²) in [5.41, 5.74) is 3.07. The lowest BCUT2D eigenvalue weighted by Gasteiger charge is -2.32. The van der Waals surface area contributed by atoms with Gasteiger partial charge in [-0.15, -0.1) is 0 Å². The second kappa shape index (κ2) is 10.8. The van der Waals surface area contributed by atoms with Gasteiger partial charge in [-0.05, 0) is 76.9 Å². The smallest absolute Gasteiger partial charge is 0.238 e. The molecule has 1 amide bonds. The van der Waals surface area contributed by atoms with Gasteiger partial charge in [0.15, 0.2) is 5.78 Å². The highest BCUT2D eigenvalue weighted by Crippen LogP contribution is 2.24. The number of carbonyl (C=O) groups is 2. The van der Waals surface area contributed by atoms with Gasteiger partial charge in [0.25, 0.3) is 0 Å². The third-order valence-corrected chi connectivity index (χ3v) is 7.44. The Hall–Kier alpha value is -2.49. The molecule has 0 aliphatic carbocycles. The number of sulfonamides is 1. The van der Waals surface area contributed by atoms with Gasteiger partial charge < -0.3 is 9.88 Å². The Morgan fingerprint density at radius 1 is 1.21 bits per heavy atom. The molecule has 2 unspecified atom stereocenters. The Bertz CT molecular complexity index is 1140. The number of amides is 1. The number of nitrogens with two attached hydrogens (primary N) is 1. The van der Waals surface area contributed by atoms with Crippen molar-refractivity contribution in [1.29, 1.82) is 0 Å². The van der Waals surface area contributed by atoms with E-state index in [2.05, 4.69) is 17.1 Å². The third-order valence-electron chi connectivity index (χ3n) is 6.51. The zero-order chi connectivity index (χ0) is 25.0. The average Bonchev–Trinajstić information content (AvgIpc) is 3.07. The number of rotatable bonds is 9. The zero-order valence-electron chi connectivity index (χ0n) is 20.5. The summed E-state index contributed by atoms with van der Waals surface area (Å²) in [6.07, 6.45) is 3.73. The van der Waals surface area contributed by atoms with Gasteiger partial charge in [-0.3, -0.25) is 14.5 Å². The largest absolute Gasteiger partial charge is 0.353 e. The lowest BCUT2D eigenvalue weighted by molar-refractivity contribution is -0.127. The van der Waals surface area contributed by atoms with Crippen molar-refractivity contribution >= 4 is 21.7 Å². The number of hydrogen-bond acceptors (Lipinski definition) is 5. The number of likely N-dealkylation sites (tertiary alicyclic amines) is 1. The van der Waals surface area contributed by atoms with Crippen LogP contribution in [-0.2, 0) is 14.8 Å². The minimum absolute atomic E-state index is 0.0147. The summed E-state index contributed by atoms with van der Waals surface area (Å²) in [4.78, 5) is 28.0. The highest BCUT2D eigenvalue weighted by atomic mass is 32.2. The SMILES string of the molecule is CCCC(C)NC(=O)C1CCCN(CC(=O)c2cc(C)n(-c3ccc(S(N)(=O)=O)cc3)c2C)C1. The Balaban J connectivity index is 1.70. The van der Waals surface area contributed by atoms with Crippen molar-refractivity contribution in [2.45, 2.75) is 64.3 Å². The Kier molecular flexibility index (Phi) is 8.33. The summed E-state index contributed by atoms with van der Waals surface area (Å²) in [5.74, 6) is 0.00533. The van der Waals surface area contributed by atoms with Crippen molar-refractivity contribution in [3.63, 3.8) is 0 Å². The van der Waals surface area contributed by atoms with E-state index in [9.17, 15) is 18.0 Å². The zero-order valence-corrected chi connectivity index (χ0v) is 21.3. The fraction of sp³-hybridized carbons (Fsp3) is 0.520. The Morgan fingerprint density at radius 2 is 1.88 bits per heavy atom. The van der Waals surface area contributed by atoms with Crippen LogP contribution in [0.3, 0.4) is 0 Å². The molecule has 2 atom stereocenters. The van der Waals surface area contributed by atoms with E-state index in [1.54, 1.807) is 12.1 Å². The highest BCUT2D eigenvalue weighted by Gasteiger charge is 2.28. The van der Waals surface area contributed by atoms with E-state index in [1.807, 2.05) is 31.4 Å². The van der Waals surface area contributed by atoms with Gasteiger partial charge in [0.2, 0.25) is 15.9 Å². The first-order valence-electron chi connectivity index (χ1n) is 11.9. The predicted octanol–water partition coefficient (Wildman–Crippen LogP) is 2.94. The summed E-state index contributed by atoms with van der Waals surface area (Å²) in [6.45, 7) is 9.59. The molecule has 0 saturated carbocycles. The maximum atomic E-state index is 13.2. The molecule has 1 aromatic heterocycles. The van der Waals surface area contributed by atoms with Gasteiger partial charge in [-0.2, -0.15) is 0 Å². The van der Waals surface area contributed by atoms with Crippen molar-refractivity contribution in [3.8, 4) is 5.69 Å². The van der Waals surface area contributed by atoms with E-state index in [0.717, 1.165) is 49.3 Å². The van der Waals surface area contributed by atoms with Crippen LogP contribution in [0.15, 0.2) is 35.2 Å². The highest BCUT2D eigenvalue weighted by molar-refractivity contribution is 7.89. The van der Waals surface area contributed by atoms with Crippen LogP contribution in [-0.4, -0.2) is 55.3 Å². The predicted molar refractivity (Wildman–Crippen MR) is 133 cm³/mol. The minimum Gasteiger partial charge on any atom is -0.353 e. The van der Waals surface area contributed by atoms with Crippen LogP contribution in [0.2, 0.25) is 0 Å².